The van der Waals surface area contributed by atoms with E-state index >= 15 is 0 Å². The van der Waals surface area contributed by atoms with Gasteiger partial charge in [0.1, 0.15) is 0 Å². The second-order valence-electron chi connectivity index (χ2n) is 6.58. The summed E-state index contributed by atoms with van der Waals surface area (Å²) < 4.78 is 22.9. The number of hydrogen-bond donors (Lipinski definition) is 0. The minimum Gasteiger partial charge on any atom is -0.299 e. The van der Waals surface area contributed by atoms with Gasteiger partial charge < -0.3 is 0 Å². The van der Waals surface area contributed by atoms with E-state index in [2.05, 4.69) is 4.90 Å². The highest BCUT2D eigenvalue weighted by Gasteiger charge is 2.39. The Morgan fingerprint density at radius 1 is 1.10 bits per heavy atom. The zero-order valence-electron chi connectivity index (χ0n) is 12.1. The molecule has 1 saturated heterocycles. The van der Waals surface area contributed by atoms with Crippen molar-refractivity contribution < 1.29 is 8.42 Å². The molecule has 20 heavy (non-hydrogen) atoms. The summed E-state index contributed by atoms with van der Waals surface area (Å²) in [6.07, 6.45) is 8.20. The van der Waals surface area contributed by atoms with Gasteiger partial charge in [0, 0.05) is 19.3 Å². The van der Waals surface area contributed by atoms with Crippen molar-refractivity contribution in [1.82, 2.24) is 4.90 Å². The van der Waals surface area contributed by atoms with Crippen molar-refractivity contribution in [3.63, 3.8) is 0 Å². The maximum atomic E-state index is 11.4. The van der Waals surface area contributed by atoms with Crippen molar-refractivity contribution in [3.8, 4) is 0 Å². The molecule has 2 fully saturated rings. The Labute approximate surface area is 121 Å². The number of benzene rings is 1. The zero-order chi connectivity index (χ0) is 14.2. The third kappa shape index (κ3) is 2.91. The van der Waals surface area contributed by atoms with Crippen molar-refractivity contribution in [3.05, 3.63) is 29.8 Å². The Kier molecular flexibility index (Phi) is 3.63. The van der Waals surface area contributed by atoms with Crippen LogP contribution in [0.1, 0.15) is 37.7 Å². The van der Waals surface area contributed by atoms with Crippen LogP contribution in [0.3, 0.4) is 0 Å². The standard InChI is InChI=1S/C16H23NO2S/c1-20(18,19)15-6-4-14(5-7-15)12-17-11-10-16(13-17)8-2-3-9-16/h4-7H,2-3,8-13H2,1H3. The van der Waals surface area contributed by atoms with Crippen molar-refractivity contribution in [1.29, 1.82) is 0 Å². The summed E-state index contributed by atoms with van der Waals surface area (Å²) in [6.45, 7) is 3.36. The van der Waals surface area contributed by atoms with Crippen LogP contribution in [-0.4, -0.2) is 32.7 Å². The van der Waals surface area contributed by atoms with Crippen LogP contribution < -0.4 is 0 Å². The highest BCUT2D eigenvalue weighted by Crippen LogP contribution is 2.45. The molecule has 2 aliphatic rings. The Morgan fingerprint density at radius 2 is 1.75 bits per heavy atom. The van der Waals surface area contributed by atoms with Gasteiger partial charge in [0.25, 0.3) is 0 Å². The van der Waals surface area contributed by atoms with Crippen LogP contribution in [0.5, 0.6) is 0 Å². The Hall–Kier alpha value is -0.870. The summed E-state index contributed by atoms with van der Waals surface area (Å²) >= 11 is 0. The lowest BCUT2D eigenvalue weighted by Crippen LogP contribution is -2.24. The predicted octanol–water partition coefficient (Wildman–Crippen LogP) is 2.86. The van der Waals surface area contributed by atoms with Gasteiger partial charge in [-0.15, -0.1) is 0 Å². The first-order valence-corrected chi connectivity index (χ1v) is 9.37. The van der Waals surface area contributed by atoms with E-state index in [1.807, 2.05) is 12.1 Å². The third-order valence-electron chi connectivity index (χ3n) is 4.94. The lowest BCUT2D eigenvalue weighted by atomic mass is 9.86. The van der Waals surface area contributed by atoms with E-state index in [0.29, 0.717) is 10.3 Å². The minimum atomic E-state index is -3.08. The van der Waals surface area contributed by atoms with Gasteiger partial charge in [-0.2, -0.15) is 0 Å². The molecule has 1 aliphatic heterocycles. The van der Waals surface area contributed by atoms with Crippen LogP contribution in [0.25, 0.3) is 0 Å². The lowest BCUT2D eigenvalue weighted by molar-refractivity contribution is 0.256. The normalized spacial score (nSPS) is 22.6. The fourth-order valence-corrected chi connectivity index (χ4v) is 4.43. The number of sulfone groups is 1. The van der Waals surface area contributed by atoms with Gasteiger partial charge in [-0.1, -0.05) is 25.0 Å². The van der Waals surface area contributed by atoms with Crippen LogP contribution in [0, 0.1) is 5.41 Å². The monoisotopic (exact) mass is 293 g/mol. The lowest BCUT2D eigenvalue weighted by Gasteiger charge is -2.23. The molecule has 1 aliphatic carbocycles. The fourth-order valence-electron chi connectivity index (χ4n) is 3.80. The van der Waals surface area contributed by atoms with E-state index in [-0.39, 0.29) is 0 Å². The first-order chi connectivity index (χ1) is 9.47. The molecule has 1 spiro atoms. The largest absolute Gasteiger partial charge is 0.299 e. The average molecular weight is 293 g/mol. The number of nitrogens with zero attached hydrogens (tertiary/aromatic N) is 1. The molecule has 4 heteroatoms. The van der Waals surface area contributed by atoms with Crippen LogP contribution in [0.4, 0.5) is 0 Å². The summed E-state index contributed by atoms with van der Waals surface area (Å²) in [4.78, 5) is 2.94. The first-order valence-electron chi connectivity index (χ1n) is 7.48. The van der Waals surface area contributed by atoms with Crippen LogP contribution in [-0.2, 0) is 16.4 Å². The van der Waals surface area contributed by atoms with Crippen LogP contribution >= 0.6 is 0 Å². The molecule has 3 nitrogen and oxygen atoms in total. The summed E-state index contributed by atoms with van der Waals surface area (Å²) in [7, 11) is -3.08. The Morgan fingerprint density at radius 3 is 2.35 bits per heavy atom. The van der Waals surface area contributed by atoms with E-state index < -0.39 is 9.84 Å². The molecule has 1 aromatic rings. The molecule has 0 atom stereocenters. The van der Waals surface area contributed by atoms with Crippen molar-refractivity contribution in [2.75, 3.05) is 19.3 Å². The number of rotatable bonds is 3. The van der Waals surface area contributed by atoms with Gasteiger partial charge in [0.2, 0.25) is 0 Å². The van der Waals surface area contributed by atoms with Gasteiger partial charge in [-0.05, 0) is 48.9 Å². The molecule has 1 heterocycles. The van der Waals surface area contributed by atoms with Crippen molar-refractivity contribution in [2.45, 2.75) is 43.5 Å². The molecule has 0 unspecified atom stereocenters. The molecule has 110 valence electrons. The van der Waals surface area contributed by atoms with E-state index in [4.69, 9.17) is 0 Å². The minimum absolute atomic E-state index is 0.412. The topological polar surface area (TPSA) is 37.4 Å². The summed E-state index contributed by atoms with van der Waals surface area (Å²) in [6, 6.07) is 7.37. The molecule has 0 bridgehead atoms. The fraction of sp³-hybridized carbons (Fsp3) is 0.625. The van der Waals surface area contributed by atoms with E-state index in [1.54, 1.807) is 12.1 Å². The Balaban J connectivity index is 1.64. The highest BCUT2D eigenvalue weighted by atomic mass is 32.2. The number of hydrogen-bond acceptors (Lipinski definition) is 3. The molecule has 0 radical (unpaired) electrons. The molecule has 0 aromatic heterocycles. The van der Waals surface area contributed by atoms with Crippen molar-refractivity contribution >= 4 is 9.84 Å². The molecule has 0 N–H and O–H groups in total. The highest BCUT2D eigenvalue weighted by molar-refractivity contribution is 7.90. The maximum absolute atomic E-state index is 11.4. The molecule has 3 rings (SSSR count). The second-order valence-corrected chi connectivity index (χ2v) is 8.60. The first kappa shape index (κ1) is 14.1. The van der Waals surface area contributed by atoms with E-state index in [9.17, 15) is 8.42 Å². The summed E-state index contributed by atoms with van der Waals surface area (Å²) in [5.41, 5.74) is 1.82. The molecule has 1 saturated carbocycles. The van der Waals surface area contributed by atoms with E-state index in [0.717, 1.165) is 6.54 Å². The van der Waals surface area contributed by atoms with E-state index in [1.165, 1.54) is 57.0 Å². The average Bonchev–Trinajstić information content (AvgIpc) is 3.00. The molecule has 1 aromatic carbocycles. The maximum Gasteiger partial charge on any atom is 0.175 e. The van der Waals surface area contributed by atoms with Crippen LogP contribution in [0.2, 0.25) is 0 Å². The van der Waals surface area contributed by atoms with Gasteiger partial charge in [-0.3, -0.25) is 4.90 Å². The SMILES string of the molecule is CS(=O)(=O)c1ccc(CN2CCC3(CCCC3)C2)cc1. The molecular weight excluding hydrogens is 270 g/mol. The second kappa shape index (κ2) is 5.15. The molecular formula is C16H23NO2S. The zero-order valence-corrected chi connectivity index (χ0v) is 13.0. The summed E-state index contributed by atoms with van der Waals surface area (Å²) in [5, 5.41) is 0. The molecule has 0 amide bonds. The smallest absolute Gasteiger partial charge is 0.175 e. The predicted molar refractivity (Wildman–Crippen MR) is 80.3 cm³/mol. The van der Waals surface area contributed by atoms with Gasteiger partial charge in [-0.25, -0.2) is 8.42 Å². The van der Waals surface area contributed by atoms with Gasteiger partial charge in [0.05, 0.1) is 4.90 Å². The Bertz CT molecular complexity index is 571. The number of likely N-dealkylation sites (tertiary alicyclic amines) is 1. The van der Waals surface area contributed by atoms with Gasteiger partial charge >= 0.3 is 0 Å². The van der Waals surface area contributed by atoms with Crippen LogP contribution in [0.15, 0.2) is 29.2 Å². The summed E-state index contributed by atoms with van der Waals surface area (Å²) in [5.74, 6) is 0. The van der Waals surface area contributed by atoms with Gasteiger partial charge in [0.15, 0.2) is 9.84 Å². The van der Waals surface area contributed by atoms with Crippen molar-refractivity contribution in [2.24, 2.45) is 5.41 Å². The quantitative estimate of drug-likeness (QED) is 0.860. The third-order valence-corrected chi connectivity index (χ3v) is 6.07.